The third-order valence-electron chi connectivity index (χ3n) is 5.21. The van der Waals surface area contributed by atoms with E-state index in [2.05, 4.69) is 4.98 Å². The zero-order valence-electron chi connectivity index (χ0n) is 15.3. The van der Waals surface area contributed by atoms with Gasteiger partial charge in [0, 0.05) is 63.5 Å². The average molecular weight is 361 g/mol. The van der Waals surface area contributed by atoms with Crippen molar-refractivity contribution in [2.45, 2.75) is 37.8 Å². The Morgan fingerprint density at radius 3 is 2.38 bits per heavy atom. The molecule has 7 heteroatoms. The van der Waals surface area contributed by atoms with Gasteiger partial charge in [-0.3, -0.25) is 14.6 Å². The molecular weight excluding hydrogens is 334 g/mol. The molecule has 0 radical (unpaired) electrons. The summed E-state index contributed by atoms with van der Waals surface area (Å²) in [6.45, 7) is 2.81. The maximum Gasteiger partial charge on any atom is 0.253 e. The quantitative estimate of drug-likeness (QED) is 0.791. The first-order valence-corrected chi connectivity index (χ1v) is 9.28. The fourth-order valence-corrected chi connectivity index (χ4v) is 3.89. The molecule has 1 aromatic rings. The van der Waals surface area contributed by atoms with Crippen molar-refractivity contribution in [3.05, 3.63) is 30.1 Å². The van der Waals surface area contributed by atoms with Crippen LogP contribution < -0.4 is 0 Å². The van der Waals surface area contributed by atoms with Crippen molar-refractivity contribution in [2.24, 2.45) is 0 Å². The van der Waals surface area contributed by atoms with Gasteiger partial charge in [0.15, 0.2) is 0 Å². The fraction of sp³-hybridized carbons (Fsp3) is 0.632. The topological polar surface area (TPSA) is 72.0 Å². The zero-order chi connectivity index (χ0) is 18.4. The van der Waals surface area contributed by atoms with E-state index in [9.17, 15) is 9.59 Å². The van der Waals surface area contributed by atoms with E-state index >= 15 is 0 Å². The number of amides is 2. The lowest BCUT2D eigenvalue weighted by Crippen LogP contribution is -2.54. The molecule has 26 heavy (non-hydrogen) atoms. The molecule has 3 heterocycles. The third kappa shape index (κ3) is 4.40. The molecule has 142 valence electrons. The number of nitrogens with zero attached hydrogens (tertiary/aromatic N) is 3. The van der Waals surface area contributed by atoms with Crippen LogP contribution in [0.1, 0.15) is 36.0 Å². The van der Waals surface area contributed by atoms with Gasteiger partial charge in [0.25, 0.3) is 5.91 Å². The normalized spacial score (nSPS) is 19.3. The molecular formula is C19H27N3O4. The van der Waals surface area contributed by atoms with Crippen LogP contribution >= 0.6 is 0 Å². The Bertz CT molecular complexity index is 596. The number of aromatic nitrogens is 1. The minimum Gasteiger partial charge on any atom is -0.381 e. The Labute approximate surface area is 154 Å². The lowest BCUT2D eigenvalue weighted by molar-refractivity contribution is -0.143. The van der Waals surface area contributed by atoms with Crippen molar-refractivity contribution in [3.8, 4) is 0 Å². The molecule has 3 rings (SSSR count). The predicted octanol–water partition coefficient (Wildman–Crippen LogP) is 1.34. The summed E-state index contributed by atoms with van der Waals surface area (Å²) in [7, 11) is 1.55. The number of methoxy groups -OCH3 is 1. The van der Waals surface area contributed by atoms with Gasteiger partial charge in [-0.1, -0.05) is 0 Å². The Morgan fingerprint density at radius 2 is 1.77 bits per heavy atom. The van der Waals surface area contributed by atoms with Crippen molar-refractivity contribution in [2.75, 3.05) is 40.0 Å². The first kappa shape index (κ1) is 18.8. The van der Waals surface area contributed by atoms with E-state index in [0.29, 0.717) is 31.9 Å². The minimum atomic E-state index is 0.0340. The SMILES string of the molecule is COCC(=O)N(C1CCOCC1)C1CCN(C(=O)c2ccncc2)CC1. The molecule has 0 N–H and O–H groups in total. The number of hydrogen-bond acceptors (Lipinski definition) is 5. The summed E-state index contributed by atoms with van der Waals surface area (Å²) >= 11 is 0. The van der Waals surface area contributed by atoms with Crippen LogP contribution in [0.15, 0.2) is 24.5 Å². The van der Waals surface area contributed by atoms with E-state index in [4.69, 9.17) is 9.47 Å². The second kappa shape index (κ2) is 9.09. The van der Waals surface area contributed by atoms with E-state index in [0.717, 1.165) is 25.7 Å². The van der Waals surface area contributed by atoms with E-state index in [1.807, 2.05) is 9.80 Å². The maximum absolute atomic E-state index is 12.7. The molecule has 0 aromatic carbocycles. The van der Waals surface area contributed by atoms with Gasteiger partial charge < -0.3 is 19.3 Å². The average Bonchev–Trinajstić information content (AvgIpc) is 2.70. The number of likely N-dealkylation sites (tertiary alicyclic amines) is 1. The van der Waals surface area contributed by atoms with Crippen molar-refractivity contribution in [1.82, 2.24) is 14.8 Å². The predicted molar refractivity (Wildman–Crippen MR) is 95.7 cm³/mol. The number of rotatable bonds is 5. The molecule has 0 unspecified atom stereocenters. The van der Waals surface area contributed by atoms with E-state index < -0.39 is 0 Å². The summed E-state index contributed by atoms with van der Waals surface area (Å²) < 4.78 is 10.5. The van der Waals surface area contributed by atoms with Crippen LogP contribution in [0.2, 0.25) is 0 Å². The lowest BCUT2D eigenvalue weighted by Gasteiger charge is -2.43. The van der Waals surface area contributed by atoms with E-state index in [1.165, 1.54) is 0 Å². The molecule has 2 fully saturated rings. The molecule has 0 aliphatic carbocycles. The molecule has 0 bridgehead atoms. The lowest BCUT2D eigenvalue weighted by atomic mass is 9.97. The molecule has 2 amide bonds. The van der Waals surface area contributed by atoms with Crippen molar-refractivity contribution in [1.29, 1.82) is 0 Å². The number of hydrogen-bond donors (Lipinski definition) is 0. The summed E-state index contributed by atoms with van der Waals surface area (Å²) in [4.78, 5) is 33.1. The fourth-order valence-electron chi connectivity index (χ4n) is 3.89. The summed E-state index contributed by atoms with van der Waals surface area (Å²) in [5.41, 5.74) is 0.662. The zero-order valence-corrected chi connectivity index (χ0v) is 15.3. The summed E-state index contributed by atoms with van der Waals surface area (Å²) in [6.07, 6.45) is 6.59. The Morgan fingerprint density at radius 1 is 1.15 bits per heavy atom. The number of ether oxygens (including phenoxy) is 2. The summed E-state index contributed by atoms with van der Waals surface area (Å²) in [5.74, 6) is 0.0741. The van der Waals surface area contributed by atoms with Gasteiger partial charge in [0.2, 0.25) is 5.91 Å². The molecule has 7 nitrogen and oxygen atoms in total. The Hall–Kier alpha value is -1.99. The number of carbonyl (C=O) groups is 2. The van der Waals surface area contributed by atoms with Gasteiger partial charge in [-0.2, -0.15) is 0 Å². The third-order valence-corrected chi connectivity index (χ3v) is 5.21. The van der Waals surface area contributed by atoms with Gasteiger partial charge >= 0.3 is 0 Å². The molecule has 0 spiro atoms. The van der Waals surface area contributed by atoms with Gasteiger partial charge in [0.05, 0.1) is 0 Å². The number of piperidine rings is 1. The van der Waals surface area contributed by atoms with Crippen molar-refractivity contribution < 1.29 is 19.1 Å². The molecule has 0 saturated carbocycles. The van der Waals surface area contributed by atoms with Crippen LogP contribution in [0.3, 0.4) is 0 Å². The number of pyridine rings is 1. The summed E-state index contributed by atoms with van der Waals surface area (Å²) in [6, 6.07) is 3.84. The van der Waals surface area contributed by atoms with Gasteiger partial charge in [-0.25, -0.2) is 0 Å². The highest BCUT2D eigenvalue weighted by atomic mass is 16.5. The van der Waals surface area contributed by atoms with E-state index in [-0.39, 0.29) is 30.5 Å². The van der Waals surface area contributed by atoms with Gasteiger partial charge in [-0.15, -0.1) is 0 Å². The highest BCUT2D eigenvalue weighted by Crippen LogP contribution is 2.25. The molecule has 2 saturated heterocycles. The molecule has 2 aliphatic heterocycles. The first-order valence-electron chi connectivity index (χ1n) is 9.28. The van der Waals surface area contributed by atoms with Crippen molar-refractivity contribution in [3.63, 3.8) is 0 Å². The van der Waals surface area contributed by atoms with Gasteiger partial charge in [0.1, 0.15) is 6.61 Å². The number of carbonyl (C=O) groups excluding carboxylic acids is 2. The highest BCUT2D eigenvalue weighted by Gasteiger charge is 2.34. The van der Waals surface area contributed by atoms with Crippen LogP contribution in [0.4, 0.5) is 0 Å². The highest BCUT2D eigenvalue weighted by molar-refractivity contribution is 5.94. The Balaban J connectivity index is 1.63. The molecule has 0 atom stereocenters. The second-order valence-electron chi connectivity index (χ2n) is 6.84. The second-order valence-corrected chi connectivity index (χ2v) is 6.84. The van der Waals surface area contributed by atoms with Crippen LogP contribution in [-0.4, -0.2) is 78.7 Å². The van der Waals surface area contributed by atoms with Crippen LogP contribution in [0.5, 0.6) is 0 Å². The Kier molecular flexibility index (Phi) is 6.57. The van der Waals surface area contributed by atoms with Crippen LogP contribution in [0, 0.1) is 0 Å². The first-order chi connectivity index (χ1) is 12.7. The largest absolute Gasteiger partial charge is 0.381 e. The van der Waals surface area contributed by atoms with Crippen molar-refractivity contribution >= 4 is 11.8 Å². The smallest absolute Gasteiger partial charge is 0.253 e. The maximum atomic E-state index is 12.7. The van der Waals surface area contributed by atoms with Crippen LogP contribution in [0.25, 0.3) is 0 Å². The standard InChI is InChI=1S/C19H27N3O4/c1-25-14-18(23)22(17-6-12-26-13-7-17)16-4-10-21(11-5-16)19(24)15-2-8-20-9-3-15/h2-3,8-9,16-17H,4-7,10-14H2,1H3. The van der Waals surface area contributed by atoms with Gasteiger partial charge in [-0.05, 0) is 37.8 Å². The molecule has 1 aromatic heterocycles. The summed E-state index contributed by atoms with van der Waals surface area (Å²) in [5, 5.41) is 0. The monoisotopic (exact) mass is 361 g/mol. The van der Waals surface area contributed by atoms with E-state index in [1.54, 1.807) is 31.6 Å². The van der Waals surface area contributed by atoms with Crippen LogP contribution in [-0.2, 0) is 14.3 Å². The molecule has 2 aliphatic rings. The minimum absolute atomic E-state index is 0.0340.